The number of nitrogens with zero attached hydrogens (tertiary/aromatic N) is 7. The zero-order chi connectivity index (χ0) is 37.7. The fourth-order valence-electron chi connectivity index (χ4n) is 7.03. The molecule has 1 unspecified atom stereocenters. The maximum absolute atomic E-state index is 13.7. The molecule has 278 valence electrons. The third-order valence-electron chi connectivity index (χ3n) is 11.0. The van der Waals surface area contributed by atoms with Gasteiger partial charge in [-0.15, -0.1) is 0 Å². The van der Waals surface area contributed by atoms with Gasteiger partial charge in [0.2, 0.25) is 0 Å². The van der Waals surface area contributed by atoms with Crippen LogP contribution in [0, 0.1) is 6.92 Å². The first kappa shape index (κ1) is 37.9. The zero-order valence-corrected chi connectivity index (χ0v) is 33.9. The van der Waals surface area contributed by atoms with Crippen LogP contribution in [0.4, 0.5) is 11.5 Å². The summed E-state index contributed by atoms with van der Waals surface area (Å²) >= 11 is 6.91. The normalized spacial score (nSPS) is 16.0. The molecule has 52 heavy (non-hydrogen) atoms. The van der Waals surface area contributed by atoms with E-state index in [1.165, 1.54) is 0 Å². The van der Waals surface area contributed by atoms with E-state index in [0.717, 1.165) is 66.4 Å². The number of pyridine rings is 1. The van der Waals surface area contributed by atoms with Gasteiger partial charge in [0.15, 0.2) is 25.8 Å². The Bertz CT molecular complexity index is 2010. The van der Waals surface area contributed by atoms with Crippen molar-refractivity contribution in [3.63, 3.8) is 0 Å². The second-order valence-electron chi connectivity index (χ2n) is 15.8. The summed E-state index contributed by atoms with van der Waals surface area (Å²) in [5.41, 5.74) is 6.94. The second kappa shape index (κ2) is 14.5. The number of amides is 2. The van der Waals surface area contributed by atoms with Gasteiger partial charge in [-0.1, -0.05) is 44.5 Å². The number of rotatable bonds is 9. The SMILES string of the molecule is Cc1c(NC(=O)c2nc3c(n2C)CCN(CC(C)O[Si](C)(C)C(C)(C)C)C3)cccc1-c1ccnc(NC(=O)c2nc3c(n2C)CCN(C)C3)c1Cl. The maximum Gasteiger partial charge on any atom is 0.292 e. The number of imidazole rings is 2. The summed E-state index contributed by atoms with van der Waals surface area (Å²) in [6, 6.07) is 7.48. The van der Waals surface area contributed by atoms with Crippen LogP contribution >= 0.6 is 11.6 Å². The molecule has 2 aliphatic rings. The van der Waals surface area contributed by atoms with Gasteiger partial charge in [0.05, 0.1) is 22.5 Å². The van der Waals surface area contributed by atoms with E-state index in [9.17, 15) is 9.59 Å². The molecular formula is C38H52ClN9O3Si. The highest BCUT2D eigenvalue weighted by Gasteiger charge is 2.39. The molecule has 0 bridgehead atoms. The molecule has 6 rings (SSSR count). The predicted molar refractivity (Wildman–Crippen MR) is 209 cm³/mol. The first-order valence-electron chi connectivity index (χ1n) is 18.0. The summed E-state index contributed by atoms with van der Waals surface area (Å²) in [5.74, 6) is 0.273. The number of benzene rings is 1. The Balaban J connectivity index is 1.16. The fraction of sp³-hybridized carbons (Fsp3) is 0.500. The number of aromatic nitrogens is 5. The van der Waals surface area contributed by atoms with E-state index in [1.807, 2.05) is 55.4 Å². The quantitative estimate of drug-likeness (QED) is 0.188. The first-order valence-corrected chi connectivity index (χ1v) is 21.3. The lowest BCUT2D eigenvalue weighted by Gasteiger charge is -2.40. The number of likely N-dealkylation sites (N-methyl/N-ethyl adjacent to an activating group) is 1. The van der Waals surface area contributed by atoms with Gasteiger partial charge in [-0.3, -0.25) is 14.5 Å². The van der Waals surface area contributed by atoms with Gasteiger partial charge in [0.1, 0.15) is 0 Å². The summed E-state index contributed by atoms with van der Waals surface area (Å²) in [6.07, 6.45) is 3.37. The molecule has 14 heteroatoms. The standard InChI is InChI=1S/C38H52ClN9O3Si/c1-23(51-52(9,10)38(3,4)5)20-48-19-16-31-29(22-48)42-34(47(31)8)36(49)43-27-13-11-12-25(24(27)2)26-14-17-40-33(32(26)39)44-37(50)35-41-28-21-45(6)18-15-30(28)46(35)7/h11-14,17,23H,15-16,18-22H2,1-10H3,(H,43,49)(H,40,44,50). The molecular weight excluding hydrogens is 694 g/mol. The predicted octanol–water partition coefficient (Wildman–Crippen LogP) is 6.44. The zero-order valence-electron chi connectivity index (χ0n) is 32.1. The van der Waals surface area contributed by atoms with Crippen LogP contribution in [-0.4, -0.2) is 86.8 Å². The number of hydrogen-bond donors (Lipinski definition) is 2. The van der Waals surface area contributed by atoms with Gasteiger partial charge in [-0.25, -0.2) is 15.0 Å². The van der Waals surface area contributed by atoms with E-state index < -0.39 is 8.32 Å². The number of anilines is 2. The first-order chi connectivity index (χ1) is 24.4. The Kier molecular flexibility index (Phi) is 10.6. The maximum atomic E-state index is 13.7. The molecule has 0 saturated carbocycles. The minimum atomic E-state index is -1.87. The lowest BCUT2D eigenvalue weighted by atomic mass is 9.99. The Morgan fingerprint density at radius 2 is 1.54 bits per heavy atom. The van der Waals surface area contributed by atoms with Crippen molar-refractivity contribution >= 4 is 43.2 Å². The Hall–Kier alpha value is -3.88. The molecule has 3 aromatic heterocycles. The van der Waals surface area contributed by atoms with Crippen LogP contribution in [0.25, 0.3) is 11.1 Å². The van der Waals surface area contributed by atoms with E-state index in [4.69, 9.17) is 21.0 Å². The van der Waals surface area contributed by atoms with Crippen molar-refractivity contribution in [1.29, 1.82) is 0 Å². The van der Waals surface area contributed by atoms with Gasteiger partial charge >= 0.3 is 0 Å². The topological polar surface area (TPSA) is 122 Å². The lowest BCUT2D eigenvalue weighted by molar-refractivity contribution is 0.100. The Morgan fingerprint density at radius 3 is 2.19 bits per heavy atom. The van der Waals surface area contributed by atoms with Gasteiger partial charge < -0.3 is 29.1 Å². The number of nitrogens with one attached hydrogen (secondary N) is 2. The molecule has 0 aliphatic carbocycles. The monoisotopic (exact) mass is 745 g/mol. The van der Waals surface area contributed by atoms with Gasteiger partial charge in [0, 0.05) is 88.5 Å². The van der Waals surface area contributed by atoms with Crippen molar-refractivity contribution in [1.82, 2.24) is 33.9 Å². The largest absolute Gasteiger partial charge is 0.413 e. The summed E-state index contributed by atoms with van der Waals surface area (Å²) in [4.78, 5) is 45.5. The van der Waals surface area contributed by atoms with Crippen LogP contribution in [0.1, 0.15) is 77.3 Å². The summed E-state index contributed by atoms with van der Waals surface area (Å²) in [7, 11) is 3.94. The van der Waals surface area contributed by atoms with Crippen LogP contribution in [0.15, 0.2) is 30.5 Å². The molecule has 2 amide bonds. The van der Waals surface area contributed by atoms with Crippen LogP contribution in [0.2, 0.25) is 23.2 Å². The molecule has 2 N–H and O–H groups in total. The fourth-order valence-corrected chi connectivity index (χ4v) is 8.72. The number of hydrogen-bond acceptors (Lipinski definition) is 8. The molecule has 0 spiro atoms. The van der Waals surface area contributed by atoms with Crippen molar-refractivity contribution in [3.05, 3.63) is 75.5 Å². The van der Waals surface area contributed by atoms with E-state index in [2.05, 4.69) is 71.2 Å². The smallest absolute Gasteiger partial charge is 0.292 e. The van der Waals surface area contributed by atoms with E-state index in [-0.39, 0.29) is 28.8 Å². The van der Waals surface area contributed by atoms with E-state index in [1.54, 1.807) is 12.3 Å². The Morgan fingerprint density at radius 1 is 0.923 bits per heavy atom. The number of halogens is 1. The minimum absolute atomic E-state index is 0.110. The molecule has 1 atom stereocenters. The number of fused-ring (bicyclic) bond motifs is 2. The highest BCUT2D eigenvalue weighted by molar-refractivity contribution is 6.74. The molecule has 2 aliphatic heterocycles. The molecule has 5 heterocycles. The molecule has 12 nitrogen and oxygen atoms in total. The molecule has 0 fully saturated rings. The van der Waals surface area contributed by atoms with Crippen LogP contribution in [0.3, 0.4) is 0 Å². The molecule has 0 radical (unpaired) electrons. The molecule has 4 aromatic rings. The van der Waals surface area contributed by atoms with Crippen molar-refractivity contribution in [3.8, 4) is 11.1 Å². The van der Waals surface area contributed by atoms with Crippen molar-refractivity contribution in [2.45, 2.75) is 84.8 Å². The summed E-state index contributed by atoms with van der Waals surface area (Å²) in [5, 5.41) is 6.42. The Labute approximate surface area is 313 Å². The lowest BCUT2D eigenvalue weighted by Crippen LogP contribution is -2.46. The van der Waals surface area contributed by atoms with Crippen LogP contribution < -0.4 is 10.6 Å². The van der Waals surface area contributed by atoms with E-state index in [0.29, 0.717) is 41.0 Å². The average Bonchev–Trinajstić information content (AvgIpc) is 3.57. The highest BCUT2D eigenvalue weighted by atomic mass is 35.5. The van der Waals surface area contributed by atoms with Crippen molar-refractivity contribution < 1.29 is 14.0 Å². The van der Waals surface area contributed by atoms with Crippen LogP contribution in [0.5, 0.6) is 0 Å². The summed E-state index contributed by atoms with van der Waals surface area (Å²) in [6.45, 7) is 19.5. The third kappa shape index (κ3) is 7.47. The molecule has 1 aromatic carbocycles. The average molecular weight is 746 g/mol. The van der Waals surface area contributed by atoms with Gasteiger partial charge in [-0.05, 0) is 62.3 Å². The minimum Gasteiger partial charge on any atom is -0.413 e. The summed E-state index contributed by atoms with van der Waals surface area (Å²) < 4.78 is 10.4. The second-order valence-corrected chi connectivity index (χ2v) is 21.0. The molecule has 0 saturated heterocycles. The van der Waals surface area contributed by atoms with Crippen molar-refractivity contribution in [2.75, 3.05) is 37.3 Å². The van der Waals surface area contributed by atoms with E-state index >= 15 is 0 Å². The highest BCUT2D eigenvalue weighted by Crippen LogP contribution is 2.38. The number of carbonyl (C=O) groups excluding carboxylic acids is 2. The van der Waals surface area contributed by atoms with Gasteiger partial charge in [0.25, 0.3) is 11.8 Å². The van der Waals surface area contributed by atoms with Gasteiger partial charge in [-0.2, -0.15) is 0 Å². The number of carbonyl (C=O) groups is 2. The van der Waals surface area contributed by atoms with Crippen molar-refractivity contribution in [2.24, 2.45) is 14.1 Å². The van der Waals surface area contributed by atoms with Crippen LogP contribution in [-0.2, 0) is 44.5 Å². The third-order valence-corrected chi connectivity index (χ3v) is 16.0.